The maximum atomic E-state index is 14.4. The van der Waals surface area contributed by atoms with Gasteiger partial charge in [-0.25, -0.2) is 14.9 Å². The quantitative estimate of drug-likeness (QED) is 0.270. The van der Waals surface area contributed by atoms with Gasteiger partial charge in [-0.15, -0.1) is 12.4 Å². The number of amides is 1. The SMILES string of the molecule is CCCc1c(Cc2ccc(-c3ccccc3)c(C3=NNC(=O)C3)c2)c(=O)n(Cc2nc3ccccc3n2C)c2ncnn12.Cl. The van der Waals surface area contributed by atoms with Crippen LogP contribution >= 0.6 is 12.4 Å². The van der Waals surface area contributed by atoms with Gasteiger partial charge in [-0.2, -0.15) is 15.2 Å². The number of nitrogens with one attached hydrogen (secondary N) is 1. The molecule has 10 nitrogen and oxygen atoms in total. The molecule has 0 spiro atoms. The third kappa shape index (κ3) is 5.07. The first kappa shape index (κ1) is 29.0. The molecular weight excluding hydrogens is 576 g/mol. The summed E-state index contributed by atoms with van der Waals surface area (Å²) in [6.45, 7) is 2.35. The van der Waals surface area contributed by atoms with Crippen LogP contribution in [0.4, 0.5) is 0 Å². The van der Waals surface area contributed by atoms with Crippen molar-refractivity contribution in [1.29, 1.82) is 0 Å². The van der Waals surface area contributed by atoms with Gasteiger partial charge < -0.3 is 4.57 Å². The molecule has 0 bridgehead atoms. The number of hydrazone groups is 1. The fraction of sp³-hybridized carbons (Fsp3) is 0.212. The summed E-state index contributed by atoms with van der Waals surface area (Å²) in [5.74, 6) is 1.12. The maximum Gasteiger partial charge on any atom is 0.259 e. The number of halogens is 1. The molecule has 4 heterocycles. The molecule has 0 aliphatic carbocycles. The van der Waals surface area contributed by atoms with Crippen molar-refractivity contribution in [3.63, 3.8) is 0 Å². The van der Waals surface area contributed by atoms with Crippen LogP contribution in [0.25, 0.3) is 27.9 Å². The lowest BCUT2D eigenvalue weighted by atomic mass is 9.91. The summed E-state index contributed by atoms with van der Waals surface area (Å²) < 4.78 is 5.48. The maximum absolute atomic E-state index is 14.4. The second-order valence-corrected chi connectivity index (χ2v) is 10.8. The molecule has 1 N–H and O–H groups in total. The number of para-hydroxylation sites is 2. The standard InChI is InChI=1S/C33H30N8O2.ClH/c1-3-9-28-25(17-21-14-15-23(22-10-5-4-6-11-22)24(16-21)27-18-31(42)38-37-27)32(43)40(33-34-20-35-41(28)33)19-30-36-26-12-7-8-13-29(26)39(30)2;/h4-8,10-16,20H,3,9,17-19H2,1-2H3,(H,38,42);1H. The Morgan fingerprint density at radius 1 is 0.955 bits per heavy atom. The first-order valence-corrected chi connectivity index (χ1v) is 14.4. The molecule has 3 aromatic heterocycles. The highest BCUT2D eigenvalue weighted by atomic mass is 35.5. The molecule has 44 heavy (non-hydrogen) atoms. The van der Waals surface area contributed by atoms with Gasteiger partial charge in [0.25, 0.3) is 5.56 Å². The molecule has 1 amide bonds. The second-order valence-electron chi connectivity index (χ2n) is 10.8. The van der Waals surface area contributed by atoms with Crippen LogP contribution in [0.2, 0.25) is 0 Å². The predicted molar refractivity (Wildman–Crippen MR) is 172 cm³/mol. The van der Waals surface area contributed by atoms with Crippen molar-refractivity contribution in [2.24, 2.45) is 12.1 Å². The van der Waals surface area contributed by atoms with Crippen LogP contribution in [-0.2, 0) is 31.2 Å². The van der Waals surface area contributed by atoms with Gasteiger partial charge in [-0.05, 0) is 41.3 Å². The Bertz CT molecular complexity index is 2110. The summed E-state index contributed by atoms with van der Waals surface area (Å²) in [7, 11) is 1.96. The Morgan fingerprint density at radius 2 is 1.75 bits per heavy atom. The smallest absolute Gasteiger partial charge is 0.259 e. The number of aryl methyl sites for hydroxylation is 2. The van der Waals surface area contributed by atoms with Crippen molar-refractivity contribution >= 4 is 40.8 Å². The second kappa shape index (κ2) is 11.9. The fourth-order valence-electron chi connectivity index (χ4n) is 5.94. The molecular formula is C33H31ClN8O2. The molecule has 0 atom stereocenters. The van der Waals surface area contributed by atoms with Crippen LogP contribution in [0.15, 0.2) is 89.0 Å². The van der Waals surface area contributed by atoms with Gasteiger partial charge in [-0.3, -0.25) is 14.2 Å². The van der Waals surface area contributed by atoms with E-state index >= 15 is 0 Å². The zero-order valence-corrected chi connectivity index (χ0v) is 25.2. The molecule has 6 aromatic rings. The molecule has 0 radical (unpaired) electrons. The third-order valence-corrected chi connectivity index (χ3v) is 8.05. The Kier molecular flexibility index (Phi) is 7.84. The third-order valence-electron chi connectivity index (χ3n) is 8.05. The molecule has 11 heteroatoms. The van der Waals surface area contributed by atoms with E-state index in [0.29, 0.717) is 29.9 Å². The average molecular weight is 607 g/mol. The number of carbonyl (C=O) groups excluding carboxylic acids is 1. The number of fused-ring (bicyclic) bond motifs is 2. The van der Waals surface area contributed by atoms with Crippen molar-refractivity contribution < 1.29 is 4.79 Å². The first-order chi connectivity index (χ1) is 21.0. The number of hydrogen-bond acceptors (Lipinski definition) is 6. The molecule has 0 saturated carbocycles. The van der Waals surface area contributed by atoms with Crippen molar-refractivity contribution in [3.05, 3.63) is 118 Å². The number of imidazole rings is 1. The largest absolute Gasteiger partial charge is 0.330 e. The molecule has 0 fully saturated rings. The number of hydrogen-bond donors (Lipinski definition) is 1. The number of rotatable bonds is 8. The Balaban J connectivity index is 0.00000343. The van der Waals surface area contributed by atoms with Gasteiger partial charge >= 0.3 is 0 Å². The summed E-state index contributed by atoms with van der Waals surface area (Å²) in [6.07, 6.45) is 3.62. The van der Waals surface area contributed by atoms with Crippen LogP contribution in [-0.4, -0.2) is 40.3 Å². The van der Waals surface area contributed by atoms with E-state index in [4.69, 9.17) is 4.98 Å². The number of aromatic nitrogens is 6. The molecule has 0 unspecified atom stereocenters. The van der Waals surface area contributed by atoms with Crippen LogP contribution in [0.1, 0.15) is 48.0 Å². The molecule has 1 aliphatic rings. The van der Waals surface area contributed by atoms with Crippen LogP contribution in [0, 0.1) is 0 Å². The highest BCUT2D eigenvalue weighted by molar-refractivity contribution is 6.16. The molecule has 222 valence electrons. The van der Waals surface area contributed by atoms with Gasteiger partial charge in [0.2, 0.25) is 11.7 Å². The predicted octanol–water partition coefficient (Wildman–Crippen LogP) is 4.68. The van der Waals surface area contributed by atoms with Crippen LogP contribution in [0.5, 0.6) is 0 Å². The minimum absolute atomic E-state index is 0. The van der Waals surface area contributed by atoms with E-state index in [1.165, 1.54) is 6.33 Å². The summed E-state index contributed by atoms with van der Waals surface area (Å²) in [4.78, 5) is 35.7. The van der Waals surface area contributed by atoms with Crippen molar-refractivity contribution in [2.75, 3.05) is 0 Å². The normalized spacial score (nSPS) is 12.9. The van der Waals surface area contributed by atoms with Gasteiger partial charge in [0, 0.05) is 24.6 Å². The Hall–Kier alpha value is -5.09. The van der Waals surface area contributed by atoms with Gasteiger partial charge in [0.05, 0.1) is 35.4 Å². The highest BCUT2D eigenvalue weighted by Crippen LogP contribution is 2.28. The van der Waals surface area contributed by atoms with Crippen molar-refractivity contribution in [1.82, 2.24) is 34.1 Å². The minimum atomic E-state index is -0.133. The van der Waals surface area contributed by atoms with Gasteiger partial charge in [-0.1, -0.05) is 67.9 Å². The lowest BCUT2D eigenvalue weighted by Gasteiger charge is -2.16. The zero-order valence-electron chi connectivity index (χ0n) is 24.4. The number of carbonyl (C=O) groups is 1. The number of nitrogens with zero attached hydrogens (tertiary/aromatic N) is 7. The first-order valence-electron chi connectivity index (χ1n) is 14.4. The van der Waals surface area contributed by atoms with Crippen LogP contribution in [0.3, 0.4) is 0 Å². The Morgan fingerprint density at radius 3 is 2.50 bits per heavy atom. The topological polar surface area (TPSA) is 111 Å². The van der Waals surface area contributed by atoms with Crippen LogP contribution < -0.4 is 11.0 Å². The highest BCUT2D eigenvalue weighted by Gasteiger charge is 2.23. The van der Waals surface area contributed by atoms with E-state index in [1.807, 2.05) is 72.3 Å². The van der Waals surface area contributed by atoms with Crippen molar-refractivity contribution in [3.8, 4) is 11.1 Å². The van der Waals surface area contributed by atoms with Crippen molar-refractivity contribution in [2.45, 2.75) is 39.2 Å². The number of benzene rings is 3. The van der Waals surface area contributed by atoms with E-state index in [-0.39, 0.29) is 36.8 Å². The average Bonchev–Trinajstić information content (AvgIpc) is 3.77. The van der Waals surface area contributed by atoms with Gasteiger partial charge in [0.15, 0.2) is 0 Å². The lowest BCUT2D eigenvalue weighted by molar-refractivity contribution is -0.119. The zero-order chi connectivity index (χ0) is 29.5. The van der Waals surface area contributed by atoms with E-state index in [2.05, 4.69) is 39.7 Å². The summed E-state index contributed by atoms with van der Waals surface area (Å²) >= 11 is 0. The Labute approximate surface area is 259 Å². The summed E-state index contributed by atoms with van der Waals surface area (Å²) in [5.41, 5.74) is 10.4. The summed E-state index contributed by atoms with van der Waals surface area (Å²) in [6, 6.07) is 24.1. The molecule has 7 rings (SSSR count). The van der Waals surface area contributed by atoms with E-state index < -0.39 is 0 Å². The monoisotopic (exact) mass is 606 g/mol. The lowest BCUT2D eigenvalue weighted by Crippen LogP contribution is -2.30. The minimum Gasteiger partial charge on any atom is -0.330 e. The molecule has 3 aromatic carbocycles. The molecule has 0 saturated heterocycles. The van der Waals surface area contributed by atoms with E-state index in [0.717, 1.165) is 51.2 Å². The summed E-state index contributed by atoms with van der Waals surface area (Å²) in [5, 5.41) is 8.87. The van der Waals surface area contributed by atoms with Gasteiger partial charge in [0.1, 0.15) is 12.2 Å². The fourth-order valence-corrected chi connectivity index (χ4v) is 5.94. The molecule has 1 aliphatic heterocycles. The van der Waals surface area contributed by atoms with E-state index in [9.17, 15) is 9.59 Å². The van der Waals surface area contributed by atoms with E-state index in [1.54, 1.807) is 9.08 Å².